The van der Waals surface area contributed by atoms with Crippen LogP contribution in [-0.4, -0.2) is 79.0 Å². The summed E-state index contributed by atoms with van der Waals surface area (Å²) in [6, 6.07) is 3.89. The van der Waals surface area contributed by atoms with Crippen molar-refractivity contribution in [2.45, 2.75) is 82.4 Å². The number of hydrogen-bond acceptors (Lipinski definition) is 9. The molecule has 2 aliphatic heterocycles. The first kappa shape index (κ1) is 32.2. The Morgan fingerprint density at radius 1 is 1.26 bits per heavy atom. The number of aryl methyl sites for hydroxylation is 1. The molecule has 43 heavy (non-hydrogen) atoms. The third-order valence-electron chi connectivity index (χ3n) is 6.77. The van der Waals surface area contributed by atoms with Crippen LogP contribution in [0.5, 0.6) is 11.6 Å². The van der Waals surface area contributed by atoms with E-state index in [0.29, 0.717) is 38.9 Å². The van der Waals surface area contributed by atoms with E-state index in [1.54, 1.807) is 4.68 Å². The molecule has 2 aliphatic rings. The molecule has 1 aromatic carbocycles. The zero-order valence-corrected chi connectivity index (χ0v) is 24.8. The number of ether oxygens (including phenoxy) is 3. The number of aromatic nitrogens is 2. The molecule has 0 fully saturated rings. The van der Waals surface area contributed by atoms with Crippen molar-refractivity contribution in [2.75, 3.05) is 29.3 Å². The number of carbonyl (C=O) groups excluding carboxylic acids is 2. The number of aliphatic hydroxyl groups excluding tert-OH is 1. The summed E-state index contributed by atoms with van der Waals surface area (Å²) in [5, 5.41) is 18.9. The van der Waals surface area contributed by atoms with Gasteiger partial charge in [0.25, 0.3) is 15.9 Å². The molecular weight excluding hydrogens is 599 g/mol. The average molecular weight is 634 g/mol. The number of benzene rings is 1. The SMILES string of the molecule is CC(=O)NC[C@H]1CN(S(=O)(=O)c2c(OC[C@@H](C)O)nn3c2CCCC3)c2cc(NC(=O)OC(C)(C)C(F)(F)F)ccc2O1. The number of fused-ring (bicyclic) bond motifs is 2. The number of anilines is 2. The van der Waals surface area contributed by atoms with Gasteiger partial charge in [-0.05, 0) is 58.2 Å². The summed E-state index contributed by atoms with van der Waals surface area (Å²) in [5.41, 5.74) is -2.45. The lowest BCUT2D eigenvalue weighted by molar-refractivity contribution is -0.242. The fourth-order valence-electron chi connectivity index (χ4n) is 4.52. The van der Waals surface area contributed by atoms with Gasteiger partial charge in [0, 0.05) is 19.2 Å². The van der Waals surface area contributed by atoms with Crippen LogP contribution in [0.3, 0.4) is 0 Å². The summed E-state index contributed by atoms with van der Waals surface area (Å²) in [6.07, 6.45) is -6.09. The van der Waals surface area contributed by atoms with E-state index < -0.39 is 40.1 Å². The van der Waals surface area contributed by atoms with E-state index in [2.05, 4.69) is 20.5 Å². The van der Waals surface area contributed by atoms with Crippen molar-refractivity contribution in [3.8, 4) is 11.6 Å². The molecule has 0 unspecified atom stereocenters. The standard InChI is InChI=1S/C26H34F3N5O8S/c1-15(35)14-40-23-22(19-7-5-6-10-33(19)32-23)43(38,39)34-13-18(12-30-16(2)36)41-21-9-8-17(11-20(21)34)31-24(37)42-25(3,4)26(27,28)29/h8-9,11,15,18,35H,5-7,10,12-14H2,1-4H3,(H,30,36)(H,31,37)/t15-,18+/m1/s1. The van der Waals surface area contributed by atoms with Crippen molar-refractivity contribution in [1.29, 1.82) is 0 Å². The highest BCUT2D eigenvalue weighted by atomic mass is 32.2. The second-order valence-electron chi connectivity index (χ2n) is 10.8. The first-order chi connectivity index (χ1) is 20.0. The van der Waals surface area contributed by atoms with Gasteiger partial charge in [0.05, 0.1) is 30.6 Å². The van der Waals surface area contributed by atoms with Crippen LogP contribution in [0.1, 0.15) is 46.2 Å². The Labute approximate surface area is 246 Å². The number of alkyl halides is 3. The van der Waals surface area contributed by atoms with Crippen LogP contribution in [0, 0.1) is 0 Å². The van der Waals surface area contributed by atoms with Crippen LogP contribution < -0.4 is 24.4 Å². The van der Waals surface area contributed by atoms with E-state index in [9.17, 15) is 36.3 Å². The quantitative estimate of drug-likeness (QED) is 0.377. The van der Waals surface area contributed by atoms with Crippen molar-refractivity contribution in [2.24, 2.45) is 0 Å². The first-order valence-electron chi connectivity index (χ1n) is 13.5. The second kappa shape index (κ2) is 12.1. The monoisotopic (exact) mass is 633 g/mol. The summed E-state index contributed by atoms with van der Waals surface area (Å²) in [7, 11) is -4.46. The van der Waals surface area contributed by atoms with E-state index in [1.165, 1.54) is 32.0 Å². The molecular formula is C26H34F3N5O8S. The number of amides is 2. The van der Waals surface area contributed by atoms with Crippen LogP contribution in [-0.2, 0) is 32.5 Å². The molecule has 3 N–H and O–H groups in total. The van der Waals surface area contributed by atoms with Crippen molar-refractivity contribution in [1.82, 2.24) is 15.1 Å². The Morgan fingerprint density at radius 3 is 2.63 bits per heavy atom. The minimum atomic E-state index is -4.83. The molecule has 0 saturated carbocycles. The lowest BCUT2D eigenvalue weighted by Crippen LogP contribution is -2.48. The van der Waals surface area contributed by atoms with Crippen molar-refractivity contribution in [3.63, 3.8) is 0 Å². The zero-order valence-electron chi connectivity index (χ0n) is 24.0. The topological polar surface area (TPSA) is 161 Å². The van der Waals surface area contributed by atoms with Gasteiger partial charge >= 0.3 is 12.3 Å². The molecule has 0 spiro atoms. The largest absolute Gasteiger partial charge is 0.484 e. The number of aliphatic hydroxyl groups is 1. The predicted octanol–water partition coefficient (Wildman–Crippen LogP) is 2.96. The number of sulfonamides is 1. The molecule has 0 bridgehead atoms. The van der Waals surface area contributed by atoms with Crippen molar-refractivity contribution in [3.05, 3.63) is 23.9 Å². The maximum Gasteiger partial charge on any atom is 0.427 e. The predicted molar refractivity (Wildman–Crippen MR) is 147 cm³/mol. The number of hydrogen-bond donors (Lipinski definition) is 3. The maximum atomic E-state index is 14.4. The summed E-state index contributed by atoms with van der Waals surface area (Å²) in [6.45, 7) is 4.11. The van der Waals surface area contributed by atoms with Crippen LogP contribution in [0.2, 0.25) is 0 Å². The molecule has 1 aromatic heterocycles. The number of nitrogens with one attached hydrogen (secondary N) is 2. The second-order valence-corrected chi connectivity index (χ2v) is 12.6. The molecule has 4 rings (SSSR count). The summed E-state index contributed by atoms with van der Waals surface area (Å²) in [5.74, 6) is -0.466. The summed E-state index contributed by atoms with van der Waals surface area (Å²) in [4.78, 5) is 23.7. The van der Waals surface area contributed by atoms with E-state index >= 15 is 0 Å². The first-order valence-corrected chi connectivity index (χ1v) is 15.0. The smallest absolute Gasteiger partial charge is 0.427 e. The van der Waals surface area contributed by atoms with E-state index in [0.717, 1.165) is 10.7 Å². The zero-order chi connectivity index (χ0) is 31.7. The molecule has 2 atom stereocenters. The average Bonchev–Trinajstić information content (AvgIpc) is 3.28. The molecule has 2 aromatic rings. The highest BCUT2D eigenvalue weighted by molar-refractivity contribution is 7.93. The third kappa shape index (κ3) is 7.09. The molecule has 13 nitrogen and oxygen atoms in total. The van der Waals surface area contributed by atoms with Gasteiger partial charge in [-0.2, -0.15) is 13.2 Å². The van der Waals surface area contributed by atoms with Gasteiger partial charge in [0.2, 0.25) is 11.5 Å². The summed E-state index contributed by atoms with van der Waals surface area (Å²) < 4.78 is 87.2. The van der Waals surface area contributed by atoms with Crippen LogP contribution in [0.4, 0.5) is 29.3 Å². The van der Waals surface area contributed by atoms with Gasteiger partial charge in [-0.15, -0.1) is 5.10 Å². The van der Waals surface area contributed by atoms with Crippen LogP contribution in [0.15, 0.2) is 23.1 Å². The summed E-state index contributed by atoms with van der Waals surface area (Å²) >= 11 is 0. The van der Waals surface area contributed by atoms with Crippen LogP contribution >= 0.6 is 0 Å². The maximum absolute atomic E-state index is 14.4. The molecule has 0 saturated heterocycles. The fourth-order valence-corrected chi connectivity index (χ4v) is 6.33. The number of halogens is 3. The molecule has 0 radical (unpaired) electrons. The van der Waals surface area contributed by atoms with Crippen molar-refractivity contribution >= 4 is 33.4 Å². The fraction of sp³-hybridized carbons (Fsp3) is 0.577. The van der Waals surface area contributed by atoms with Gasteiger partial charge in [-0.1, -0.05) is 0 Å². The number of rotatable bonds is 9. The molecule has 238 valence electrons. The normalized spacial score (nSPS) is 17.7. The van der Waals surface area contributed by atoms with E-state index in [1.807, 2.05) is 0 Å². The third-order valence-corrected chi connectivity index (χ3v) is 8.62. The molecule has 3 heterocycles. The minimum absolute atomic E-state index is 0.0239. The molecule has 2 amide bonds. The van der Waals surface area contributed by atoms with Gasteiger partial charge in [-0.25, -0.2) is 13.2 Å². The number of nitrogens with zero attached hydrogens (tertiary/aromatic N) is 3. The van der Waals surface area contributed by atoms with Crippen LogP contribution in [0.25, 0.3) is 0 Å². The van der Waals surface area contributed by atoms with Crippen molar-refractivity contribution < 1.29 is 50.5 Å². The lowest BCUT2D eigenvalue weighted by atomic mass is 10.1. The highest BCUT2D eigenvalue weighted by Crippen LogP contribution is 2.42. The Kier molecular flexibility index (Phi) is 9.06. The van der Waals surface area contributed by atoms with Gasteiger partial charge < -0.3 is 24.6 Å². The Bertz CT molecular complexity index is 1480. The van der Waals surface area contributed by atoms with Gasteiger partial charge in [0.15, 0.2) is 4.90 Å². The Morgan fingerprint density at radius 2 is 1.98 bits per heavy atom. The molecule has 0 aliphatic carbocycles. The number of carbonyl (C=O) groups is 2. The Hall–Kier alpha value is -3.73. The minimum Gasteiger partial charge on any atom is -0.484 e. The molecule has 17 heteroatoms. The van der Waals surface area contributed by atoms with E-state index in [-0.39, 0.29) is 53.5 Å². The highest BCUT2D eigenvalue weighted by Gasteiger charge is 2.51. The van der Waals surface area contributed by atoms with E-state index in [4.69, 9.17) is 9.47 Å². The van der Waals surface area contributed by atoms with Gasteiger partial charge in [-0.3, -0.25) is 19.1 Å². The lowest BCUT2D eigenvalue weighted by Gasteiger charge is -2.36. The van der Waals surface area contributed by atoms with Gasteiger partial charge in [0.1, 0.15) is 18.5 Å². The Balaban J connectivity index is 1.74.